The number of hydrogen-bond acceptors (Lipinski definition) is 3. The fourth-order valence-electron chi connectivity index (χ4n) is 1.81. The van der Waals surface area contributed by atoms with Crippen LogP contribution in [-0.2, 0) is 14.8 Å². The largest absolute Gasteiger partial charge is 0.325 e. The Morgan fingerprint density at radius 1 is 1.09 bits per heavy atom. The number of carbonyl (C=O) groups excluding carboxylic acids is 1. The van der Waals surface area contributed by atoms with E-state index in [0.29, 0.717) is 0 Å². The summed E-state index contributed by atoms with van der Waals surface area (Å²) in [7, 11) is -3.83. The summed E-state index contributed by atoms with van der Waals surface area (Å²) in [5.41, 5.74) is 0.794. The molecule has 1 amide bonds. The summed E-state index contributed by atoms with van der Waals surface area (Å²) in [4.78, 5) is 11.7. The van der Waals surface area contributed by atoms with Crippen molar-refractivity contribution in [2.45, 2.75) is 11.8 Å². The van der Waals surface area contributed by atoms with E-state index in [4.69, 9.17) is 0 Å². The summed E-state index contributed by atoms with van der Waals surface area (Å²) in [6.45, 7) is 1.21. The maximum Gasteiger partial charge on any atom is 0.241 e. The molecule has 0 atom stereocenters. The van der Waals surface area contributed by atoms with E-state index in [9.17, 15) is 22.0 Å². The second kappa shape index (κ2) is 6.84. The summed E-state index contributed by atoms with van der Waals surface area (Å²) in [5, 5.41) is 2.27. The van der Waals surface area contributed by atoms with Crippen LogP contribution in [0.4, 0.5) is 14.5 Å². The van der Waals surface area contributed by atoms with Gasteiger partial charge in [-0.05, 0) is 36.8 Å². The molecule has 0 aliphatic heterocycles. The van der Waals surface area contributed by atoms with Crippen molar-refractivity contribution in [2.75, 3.05) is 11.9 Å². The lowest BCUT2D eigenvalue weighted by Crippen LogP contribution is -2.33. The predicted molar refractivity (Wildman–Crippen MR) is 81.4 cm³/mol. The van der Waals surface area contributed by atoms with Crippen molar-refractivity contribution in [1.82, 2.24) is 4.72 Å². The molecule has 0 aromatic heterocycles. The Balaban J connectivity index is 1.99. The van der Waals surface area contributed by atoms with Gasteiger partial charge in [-0.25, -0.2) is 21.9 Å². The quantitative estimate of drug-likeness (QED) is 0.876. The Morgan fingerprint density at radius 2 is 1.83 bits per heavy atom. The van der Waals surface area contributed by atoms with E-state index in [2.05, 4.69) is 10.0 Å². The molecule has 8 heteroatoms. The number of nitrogens with one attached hydrogen (secondary N) is 2. The van der Waals surface area contributed by atoms with Crippen molar-refractivity contribution in [2.24, 2.45) is 0 Å². The monoisotopic (exact) mass is 340 g/mol. The van der Waals surface area contributed by atoms with Crippen molar-refractivity contribution in [1.29, 1.82) is 0 Å². The van der Waals surface area contributed by atoms with Crippen LogP contribution < -0.4 is 10.0 Å². The normalized spacial score (nSPS) is 11.3. The molecule has 5 nitrogen and oxygen atoms in total. The van der Waals surface area contributed by atoms with Gasteiger partial charge in [-0.15, -0.1) is 0 Å². The molecule has 0 spiro atoms. The lowest BCUT2D eigenvalue weighted by molar-refractivity contribution is -0.115. The SMILES string of the molecule is Cc1cccc(S(=O)(=O)NCC(=O)Nc2ccc(F)c(F)c2)c1. The molecule has 23 heavy (non-hydrogen) atoms. The summed E-state index contributed by atoms with van der Waals surface area (Å²) >= 11 is 0. The highest BCUT2D eigenvalue weighted by Gasteiger charge is 2.15. The molecular formula is C15H14F2N2O3S. The van der Waals surface area contributed by atoms with Crippen LogP contribution in [-0.4, -0.2) is 20.9 Å². The van der Waals surface area contributed by atoms with Crippen LogP contribution in [0.3, 0.4) is 0 Å². The van der Waals surface area contributed by atoms with E-state index < -0.39 is 34.1 Å². The van der Waals surface area contributed by atoms with Crippen LogP contribution in [0.5, 0.6) is 0 Å². The standard InChI is InChI=1S/C15H14F2N2O3S/c1-10-3-2-4-12(7-10)23(21,22)18-9-15(20)19-11-5-6-13(16)14(17)8-11/h2-8,18H,9H2,1H3,(H,19,20). The summed E-state index contributed by atoms with van der Waals surface area (Å²) in [6.07, 6.45) is 0. The molecule has 0 aliphatic rings. The first kappa shape index (κ1) is 17.0. The molecule has 0 heterocycles. The van der Waals surface area contributed by atoms with Crippen LogP contribution in [0.1, 0.15) is 5.56 Å². The molecule has 0 radical (unpaired) electrons. The van der Waals surface area contributed by atoms with Gasteiger partial charge in [-0.3, -0.25) is 4.79 Å². The van der Waals surface area contributed by atoms with Gasteiger partial charge in [0.1, 0.15) is 0 Å². The minimum atomic E-state index is -3.83. The summed E-state index contributed by atoms with van der Waals surface area (Å²) in [6, 6.07) is 9.05. The Hall–Kier alpha value is -2.32. The average molecular weight is 340 g/mol. The molecule has 0 unspecified atom stereocenters. The van der Waals surface area contributed by atoms with E-state index in [1.54, 1.807) is 19.1 Å². The van der Waals surface area contributed by atoms with E-state index in [1.165, 1.54) is 18.2 Å². The number of amides is 1. The smallest absolute Gasteiger partial charge is 0.241 e. The second-order valence-corrected chi connectivity index (χ2v) is 6.59. The van der Waals surface area contributed by atoms with Gasteiger partial charge in [-0.2, -0.15) is 0 Å². The lowest BCUT2D eigenvalue weighted by atomic mass is 10.2. The first-order valence-electron chi connectivity index (χ1n) is 6.59. The predicted octanol–water partition coefficient (Wildman–Crippen LogP) is 2.19. The fraction of sp³-hybridized carbons (Fsp3) is 0.133. The molecule has 2 aromatic carbocycles. The first-order chi connectivity index (χ1) is 10.8. The van der Waals surface area contributed by atoms with Gasteiger partial charge in [0.25, 0.3) is 0 Å². The van der Waals surface area contributed by atoms with E-state index in [-0.39, 0.29) is 10.6 Å². The molecule has 0 saturated carbocycles. The second-order valence-electron chi connectivity index (χ2n) is 4.82. The molecule has 0 fully saturated rings. The third-order valence-electron chi connectivity index (χ3n) is 2.93. The van der Waals surface area contributed by atoms with Crippen LogP contribution in [0.2, 0.25) is 0 Å². The number of anilines is 1. The average Bonchev–Trinajstić information content (AvgIpc) is 2.49. The molecule has 0 bridgehead atoms. The van der Waals surface area contributed by atoms with Crippen LogP contribution >= 0.6 is 0 Å². The zero-order valence-corrected chi connectivity index (χ0v) is 13.0. The van der Waals surface area contributed by atoms with Gasteiger partial charge in [-0.1, -0.05) is 12.1 Å². The van der Waals surface area contributed by atoms with Crippen LogP contribution in [0.25, 0.3) is 0 Å². The highest BCUT2D eigenvalue weighted by molar-refractivity contribution is 7.89. The van der Waals surface area contributed by atoms with Crippen molar-refractivity contribution in [3.05, 3.63) is 59.7 Å². The van der Waals surface area contributed by atoms with Crippen molar-refractivity contribution in [3.8, 4) is 0 Å². The maximum atomic E-state index is 13.0. The minimum absolute atomic E-state index is 0.0312. The van der Waals surface area contributed by atoms with Gasteiger partial charge in [0.2, 0.25) is 15.9 Å². The first-order valence-corrected chi connectivity index (χ1v) is 8.07. The third kappa shape index (κ3) is 4.57. The highest BCUT2D eigenvalue weighted by atomic mass is 32.2. The van der Waals surface area contributed by atoms with Crippen LogP contribution in [0, 0.1) is 18.6 Å². The summed E-state index contributed by atoms with van der Waals surface area (Å²) in [5.74, 6) is -2.85. The Labute approximate surface area is 132 Å². The summed E-state index contributed by atoms with van der Waals surface area (Å²) < 4.78 is 52.0. The Morgan fingerprint density at radius 3 is 2.48 bits per heavy atom. The molecule has 0 aliphatic carbocycles. The molecular weight excluding hydrogens is 326 g/mol. The minimum Gasteiger partial charge on any atom is -0.325 e. The maximum absolute atomic E-state index is 13.0. The van der Waals surface area contributed by atoms with Gasteiger partial charge >= 0.3 is 0 Å². The number of carbonyl (C=O) groups is 1. The number of rotatable bonds is 5. The van der Waals surface area contributed by atoms with Gasteiger partial charge in [0, 0.05) is 11.8 Å². The molecule has 2 aromatic rings. The lowest BCUT2D eigenvalue weighted by Gasteiger charge is -2.08. The number of aryl methyl sites for hydroxylation is 1. The fourth-order valence-corrected chi connectivity index (χ4v) is 2.89. The zero-order chi connectivity index (χ0) is 17.0. The molecule has 2 N–H and O–H groups in total. The third-order valence-corrected chi connectivity index (χ3v) is 4.32. The van der Waals surface area contributed by atoms with Gasteiger partial charge < -0.3 is 5.32 Å². The van der Waals surface area contributed by atoms with E-state index >= 15 is 0 Å². The number of halogens is 2. The molecule has 2 rings (SSSR count). The Kier molecular flexibility index (Phi) is 5.07. The van der Waals surface area contributed by atoms with Gasteiger partial charge in [0.15, 0.2) is 11.6 Å². The van der Waals surface area contributed by atoms with E-state index in [0.717, 1.165) is 17.7 Å². The van der Waals surface area contributed by atoms with Crippen molar-refractivity contribution < 1.29 is 22.0 Å². The number of benzene rings is 2. The van der Waals surface area contributed by atoms with Crippen molar-refractivity contribution >= 4 is 21.6 Å². The van der Waals surface area contributed by atoms with Crippen LogP contribution in [0.15, 0.2) is 47.4 Å². The van der Waals surface area contributed by atoms with Gasteiger partial charge in [0.05, 0.1) is 11.4 Å². The molecule has 0 saturated heterocycles. The highest BCUT2D eigenvalue weighted by Crippen LogP contribution is 2.13. The molecule has 122 valence electrons. The zero-order valence-electron chi connectivity index (χ0n) is 12.1. The Bertz CT molecular complexity index is 838. The van der Waals surface area contributed by atoms with E-state index in [1.807, 2.05) is 0 Å². The number of sulfonamides is 1. The number of hydrogen-bond donors (Lipinski definition) is 2. The van der Waals surface area contributed by atoms with Crippen molar-refractivity contribution in [3.63, 3.8) is 0 Å². The topological polar surface area (TPSA) is 75.3 Å².